The van der Waals surface area contributed by atoms with E-state index in [0.717, 1.165) is 12.5 Å². The normalized spacial score (nSPS) is 26.3. The van der Waals surface area contributed by atoms with Gasteiger partial charge in [0.2, 0.25) is 0 Å². The zero-order valence-electron chi connectivity index (χ0n) is 10.7. The third kappa shape index (κ3) is 2.32. The van der Waals surface area contributed by atoms with Crippen LogP contribution in [0.15, 0.2) is 24.3 Å². The lowest BCUT2D eigenvalue weighted by Crippen LogP contribution is -2.47. The molecule has 1 fully saturated rings. The summed E-state index contributed by atoms with van der Waals surface area (Å²) in [5.41, 5.74) is 2.83. The van der Waals surface area contributed by atoms with Crippen molar-refractivity contribution < 1.29 is 0 Å². The van der Waals surface area contributed by atoms with Gasteiger partial charge in [-0.2, -0.15) is 0 Å². The van der Waals surface area contributed by atoms with Crippen LogP contribution < -0.4 is 5.32 Å². The highest BCUT2D eigenvalue weighted by molar-refractivity contribution is 5.53. The summed E-state index contributed by atoms with van der Waals surface area (Å²) in [6.07, 6.45) is 3.97. The van der Waals surface area contributed by atoms with Gasteiger partial charge in [0.25, 0.3) is 0 Å². The summed E-state index contributed by atoms with van der Waals surface area (Å²) in [6, 6.07) is 9.44. The molecular weight excluding hydrogens is 208 g/mol. The number of piperidine rings is 1. The maximum atomic E-state index is 3.58. The second-order valence-corrected chi connectivity index (χ2v) is 5.61. The largest absolute Gasteiger partial charge is 0.383 e. The van der Waals surface area contributed by atoms with Crippen LogP contribution in [0.1, 0.15) is 25.3 Å². The number of nitrogens with one attached hydrogen (secondary N) is 1. The van der Waals surface area contributed by atoms with E-state index >= 15 is 0 Å². The zero-order valence-corrected chi connectivity index (χ0v) is 10.7. The van der Waals surface area contributed by atoms with Gasteiger partial charge in [0.05, 0.1) is 0 Å². The Kier molecular flexibility index (Phi) is 3.06. The fraction of sp³-hybridized carbons (Fsp3) is 0.600. The van der Waals surface area contributed by atoms with Gasteiger partial charge in [-0.1, -0.05) is 25.1 Å². The second-order valence-electron chi connectivity index (χ2n) is 5.61. The summed E-state index contributed by atoms with van der Waals surface area (Å²) in [5, 5.41) is 3.58. The standard InChI is InChI=1S/C15H22N2/c1-12-6-8-17(9-7-12)14-10-13-4-2-3-5-15(13)16-11-14/h2-5,12,14,16H,6-11H2,1H3. The van der Waals surface area contributed by atoms with E-state index in [1.54, 1.807) is 0 Å². The molecule has 0 amide bonds. The number of para-hydroxylation sites is 1. The molecule has 1 saturated heterocycles. The molecule has 92 valence electrons. The predicted octanol–water partition coefficient (Wildman–Crippen LogP) is 2.76. The highest BCUT2D eigenvalue weighted by Gasteiger charge is 2.26. The van der Waals surface area contributed by atoms with Crippen LogP contribution in [-0.2, 0) is 6.42 Å². The number of hydrogen-bond donors (Lipinski definition) is 1. The number of rotatable bonds is 1. The van der Waals surface area contributed by atoms with Gasteiger partial charge in [0, 0.05) is 18.3 Å². The fourth-order valence-electron chi connectivity index (χ4n) is 3.08. The molecule has 0 spiro atoms. The van der Waals surface area contributed by atoms with E-state index in [0.29, 0.717) is 6.04 Å². The molecule has 2 aliphatic heterocycles. The van der Waals surface area contributed by atoms with Crippen molar-refractivity contribution in [1.82, 2.24) is 4.90 Å². The van der Waals surface area contributed by atoms with Crippen LogP contribution in [0.3, 0.4) is 0 Å². The number of hydrogen-bond acceptors (Lipinski definition) is 2. The van der Waals surface area contributed by atoms with Gasteiger partial charge in [0.1, 0.15) is 0 Å². The first kappa shape index (κ1) is 11.1. The van der Waals surface area contributed by atoms with E-state index in [1.807, 2.05) is 0 Å². The smallest absolute Gasteiger partial charge is 0.0373 e. The van der Waals surface area contributed by atoms with Crippen LogP contribution in [0.4, 0.5) is 5.69 Å². The molecule has 1 aromatic rings. The van der Waals surface area contributed by atoms with E-state index < -0.39 is 0 Å². The third-order valence-corrected chi connectivity index (χ3v) is 4.34. The zero-order chi connectivity index (χ0) is 11.7. The molecule has 17 heavy (non-hydrogen) atoms. The number of benzene rings is 1. The van der Waals surface area contributed by atoms with Crippen molar-refractivity contribution >= 4 is 5.69 Å². The first-order valence-corrected chi connectivity index (χ1v) is 6.89. The van der Waals surface area contributed by atoms with Crippen molar-refractivity contribution in [2.24, 2.45) is 5.92 Å². The molecule has 1 atom stereocenters. The first-order chi connectivity index (χ1) is 8.33. The minimum absolute atomic E-state index is 0.706. The number of fused-ring (bicyclic) bond motifs is 1. The van der Waals surface area contributed by atoms with Crippen molar-refractivity contribution in [3.05, 3.63) is 29.8 Å². The molecule has 1 N–H and O–H groups in total. The Morgan fingerprint density at radius 1 is 1.18 bits per heavy atom. The maximum Gasteiger partial charge on any atom is 0.0373 e. The van der Waals surface area contributed by atoms with Gasteiger partial charge < -0.3 is 5.32 Å². The van der Waals surface area contributed by atoms with Crippen LogP contribution in [0.25, 0.3) is 0 Å². The molecule has 2 heteroatoms. The fourth-order valence-corrected chi connectivity index (χ4v) is 3.08. The topological polar surface area (TPSA) is 15.3 Å². The van der Waals surface area contributed by atoms with Crippen molar-refractivity contribution in [3.63, 3.8) is 0 Å². The summed E-state index contributed by atoms with van der Waals surface area (Å²) in [6.45, 7) is 6.07. The van der Waals surface area contributed by atoms with E-state index in [1.165, 1.54) is 43.6 Å². The maximum absolute atomic E-state index is 3.58. The van der Waals surface area contributed by atoms with Crippen LogP contribution in [0.5, 0.6) is 0 Å². The van der Waals surface area contributed by atoms with Gasteiger partial charge in [0.15, 0.2) is 0 Å². The lowest BCUT2D eigenvalue weighted by molar-refractivity contribution is 0.141. The van der Waals surface area contributed by atoms with Crippen LogP contribution in [0.2, 0.25) is 0 Å². The molecule has 2 aliphatic rings. The Bertz CT molecular complexity index is 380. The first-order valence-electron chi connectivity index (χ1n) is 6.89. The van der Waals surface area contributed by atoms with Gasteiger partial charge >= 0.3 is 0 Å². The van der Waals surface area contributed by atoms with Crippen LogP contribution in [0, 0.1) is 5.92 Å². The lowest BCUT2D eigenvalue weighted by Gasteiger charge is -2.39. The van der Waals surface area contributed by atoms with Crippen molar-refractivity contribution in [1.29, 1.82) is 0 Å². The third-order valence-electron chi connectivity index (χ3n) is 4.34. The van der Waals surface area contributed by atoms with E-state index in [4.69, 9.17) is 0 Å². The Morgan fingerprint density at radius 2 is 1.94 bits per heavy atom. The molecule has 1 aromatic carbocycles. The van der Waals surface area contributed by atoms with Crippen molar-refractivity contribution in [2.75, 3.05) is 25.0 Å². The average Bonchev–Trinajstić information content (AvgIpc) is 2.39. The molecule has 0 radical (unpaired) electrons. The molecule has 2 heterocycles. The monoisotopic (exact) mass is 230 g/mol. The molecule has 0 saturated carbocycles. The second kappa shape index (κ2) is 4.69. The SMILES string of the molecule is CC1CCN(C2CNc3ccccc3C2)CC1. The number of likely N-dealkylation sites (tertiary alicyclic amines) is 1. The average molecular weight is 230 g/mol. The molecule has 1 unspecified atom stereocenters. The Balaban J connectivity index is 1.68. The number of anilines is 1. The van der Waals surface area contributed by atoms with Crippen molar-refractivity contribution in [3.8, 4) is 0 Å². The van der Waals surface area contributed by atoms with Crippen LogP contribution in [-0.4, -0.2) is 30.6 Å². The summed E-state index contributed by atoms with van der Waals surface area (Å²) in [5.74, 6) is 0.926. The molecule has 2 nitrogen and oxygen atoms in total. The summed E-state index contributed by atoms with van der Waals surface area (Å²) in [7, 11) is 0. The number of nitrogens with zero attached hydrogens (tertiary/aromatic N) is 1. The summed E-state index contributed by atoms with van der Waals surface area (Å²) in [4.78, 5) is 2.68. The lowest BCUT2D eigenvalue weighted by atomic mass is 9.94. The minimum atomic E-state index is 0.706. The summed E-state index contributed by atoms with van der Waals surface area (Å²) >= 11 is 0. The van der Waals surface area contributed by atoms with Gasteiger partial charge in [-0.05, 0) is 49.9 Å². The van der Waals surface area contributed by atoms with E-state index in [-0.39, 0.29) is 0 Å². The van der Waals surface area contributed by atoms with E-state index in [9.17, 15) is 0 Å². The molecule has 0 aliphatic carbocycles. The minimum Gasteiger partial charge on any atom is -0.383 e. The van der Waals surface area contributed by atoms with Crippen LogP contribution >= 0.6 is 0 Å². The molecule has 0 bridgehead atoms. The van der Waals surface area contributed by atoms with Gasteiger partial charge in [-0.25, -0.2) is 0 Å². The highest BCUT2D eigenvalue weighted by Crippen LogP contribution is 2.26. The Labute approximate surface area is 104 Å². The molecule has 3 rings (SSSR count). The van der Waals surface area contributed by atoms with Gasteiger partial charge in [-0.3, -0.25) is 4.90 Å². The van der Waals surface area contributed by atoms with Crippen molar-refractivity contribution in [2.45, 2.75) is 32.2 Å². The van der Waals surface area contributed by atoms with Gasteiger partial charge in [-0.15, -0.1) is 0 Å². The Hall–Kier alpha value is -1.02. The highest BCUT2D eigenvalue weighted by atomic mass is 15.2. The molecular formula is C15H22N2. The predicted molar refractivity (Wildman–Crippen MR) is 72.4 cm³/mol. The quantitative estimate of drug-likeness (QED) is 0.798. The summed E-state index contributed by atoms with van der Waals surface area (Å²) < 4.78 is 0. The Morgan fingerprint density at radius 3 is 2.76 bits per heavy atom. The molecule has 0 aromatic heterocycles. The van der Waals surface area contributed by atoms with E-state index in [2.05, 4.69) is 41.4 Å².